The third kappa shape index (κ3) is 2.05. The van der Waals surface area contributed by atoms with Crippen molar-refractivity contribution >= 4 is 66.5 Å². The first-order valence-electron chi connectivity index (χ1n) is 5.83. The lowest BCUT2D eigenvalue weighted by Crippen LogP contribution is -2.04. The van der Waals surface area contributed by atoms with E-state index in [9.17, 15) is 0 Å². The number of rotatable bonds is 1. The molecule has 0 aliphatic rings. The number of pyridine rings is 1. The van der Waals surface area contributed by atoms with Gasteiger partial charge in [-0.3, -0.25) is 4.40 Å². The van der Waals surface area contributed by atoms with E-state index in [1.54, 1.807) is 11.3 Å². The van der Waals surface area contributed by atoms with Crippen LogP contribution in [0.5, 0.6) is 0 Å². The van der Waals surface area contributed by atoms with Gasteiger partial charge in [0, 0.05) is 21.3 Å². The Bertz CT molecular complexity index is 965. The van der Waals surface area contributed by atoms with Crippen molar-refractivity contribution in [3.05, 3.63) is 51.0 Å². The highest BCUT2D eigenvalue weighted by Crippen LogP contribution is 2.24. The highest BCUT2D eigenvalue weighted by atomic mass is 127. The second-order valence-electron chi connectivity index (χ2n) is 4.10. The fourth-order valence-corrected chi connectivity index (χ4v) is 4.11. The second kappa shape index (κ2) is 4.90. The van der Waals surface area contributed by atoms with Crippen molar-refractivity contribution in [1.82, 2.24) is 13.8 Å². The van der Waals surface area contributed by atoms with Gasteiger partial charge in [0.15, 0.2) is 5.82 Å². The van der Waals surface area contributed by atoms with E-state index in [-0.39, 0.29) is 0 Å². The topological polar surface area (TPSA) is 42.5 Å². The van der Waals surface area contributed by atoms with Crippen LogP contribution in [-0.2, 0) is 0 Å². The molecule has 4 rings (SSSR count). The lowest BCUT2D eigenvalue weighted by atomic mass is 10.3. The molecule has 0 aliphatic heterocycles. The summed E-state index contributed by atoms with van der Waals surface area (Å²) >= 11 is 5.31. The van der Waals surface area contributed by atoms with E-state index >= 15 is 0 Å². The molecule has 4 nitrogen and oxygen atoms in total. The minimum absolute atomic E-state index is 0.707. The normalized spacial score (nSPS) is 12.6. The Morgan fingerprint density at radius 2 is 2.05 bits per heavy atom. The summed E-state index contributed by atoms with van der Waals surface area (Å²) in [5.74, 6) is 0.707. The molecule has 0 spiro atoms. The summed E-state index contributed by atoms with van der Waals surface area (Å²) in [6.07, 6.45) is 1.81. The van der Waals surface area contributed by atoms with Crippen LogP contribution in [0.25, 0.3) is 15.2 Å². The van der Waals surface area contributed by atoms with Crippen LogP contribution in [-0.4, -0.2) is 13.8 Å². The van der Waals surface area contributed by atoms with Crippen LogP contribution in [0.2, 0.25) is 0 Å². The Morgan fingerprint density at radius 3 is 2.90 bits per heavy atom. The Hall–Kier alpha value is -1.32. The van der Waals surface area contributed by atoms with E-state index in [1.807, 2.05) is 30.5 Å². The quantitative estimate of drug-likeness (QED) is 0.448. The highest BCUT2D eigenvalue weighted by Gasteiger charge is 2.07. The summed E-state index contributed by atoms with van der Waals surface area (Å²) in [6, 6.07) is 12.2. The van der Waals surface area contributed by atoms with Crippen molar-refractivity contribution in [3.8, 4) is 0 Å². The van der Waals surface area contributed by atoms with E-state index in [2.05, 4.69) is 53.5 Å². The molecular weight excluding hydrogens is 403 g/mol. The van der Waals surface area contributed by atoms with Gasteiger partial charge < -0.3 is 0 Å². The molecule has 0 unspecified atom stereocenters. The largest absolute Gasteiger partial charge is 0.258 e. The predicted octanol–water partition coefficient (Wildman–Crippen LogP) is 3.84. The van der Waals surface area contributed by atoms with Gasteiger partial charge in [0.2, 0.25) is 9.76 Å². The van der Waals surface area contributed by atoms with E-state index in [4.69, 9.17) is 0 Å². The third-order valence-electron chi connectivity index (χ3n) is 2.82. The van der Waals surface area contributed by atoms with Gasteiger partial charge in [-0.05, 0) is 46.9 Å². The second-order valence-corrected chi connectivity index (χ2v) is 7.08. The Kier molecular flexibility index (Phi) is 3.04. The molecule has 0 atom stereocenters. The van der Waals surface area contributed by atoms with Gasteiger partial charge in [-0.1, -0.05) is 23.5 Å². The van der Waals surface area contributed by atoms with Gasteiger partial charge in [0.05, 0.1) is 10.2 Å². The number of nitrogens with zero attached hydrogens (tertiary/aromatic N) is 4. The van der Waals surface area contributed by atoms with Crippen molar-refractivity contribution in [2.75, 3.05) is 0 Å². The van der Waals surface area contributed by atoms with Gasteiger partial charge in [-0.25, -0.2) is 4.98 Å². The summed E-state index contributed by atoms with van der Waals surface area (Å²) in [5.41, 5.74) is 1.14. The van der Waals surface area contributed by atoms with Crippen LogP contribution in [0, 0.1) is 3.57 Å². The SMILES string of the molecule is Ic1ccc(N=c2snc3sc4ccccc4n23)nc1. The van der Waals surface area contributed by atoms with Crippen molar-refractivity contribution < 1.29 is 0 Å². The third-order valence-corrected chi connectivity index (χ3v) is 5.29. The first-order valence-corrected chi connectivity index (χ1v) is 8.50. The van der Waals surface area contributed by atoms with Crippen molar-refractivity contribution in [3.63, 3.8) is 0 Å². The average Bonchev–Trinajstić information content (AvgIpc) is 3.01. The maximum absolute atomic E-state index is 4.60. The summed E-state index contributed by atoms with van der Waals surface area (Å²) in [7, 11) is 0. The molecule has 0 saturated heterocycles. The zero-order valence-electron chi connectivity index (χ0n) is 10.0. The van der Waals surface area contributed by atoms with Gasteiger partial charge in [0.1, 0.15) is 0 Å². The number of fused-ring (bicyclic) bond motifs is 3. The van der Waals surface area contributed by atoms with Crippen molar-refractivity contribution in [2.24, 2.45) is 4.99 Å². The van der Waals surface area contributed by atoms with Crippen LogP contribution < -0.4 is 4.80 Å². The first kappa shape index (κ1) is 12.4. The molecule has 3 heterocycles. The van der Waals surface area contributed by atoms with E-state index in [1.165, 1.54) is 16.2 Å². The molecule has 3 aromatic heterocycles. The lowest BCUT2D eigenvalue weighted by molar-refractivity contribution is 1.13. The van der Waals surface area contributed by atoms with Crippen LogP contribution >= 0.6 is 45.5 Å². The average molecular weight is 410 g/mol. The van der Waals surface area contributed by atoms with Gasteiger partial charge in [0.25, 0.3) is 0 Å². The minimum atomic E-state index is 0.707. The van der Waals surface area contributed by atoms with Crippen LogP contribution in [0.4, 0.5) is 5.82 Å². The van der Waals surface area contributed by atoms with E-state index < -0.39 is 0 Å². The number of halogens is 1. The highest BCUT2D eigenvalue weighted by molar-refractivity contribution is 14.1. The summed E-state index contributed by atoms with van der Waals surface area (Å²) in [5, 5.41) is 0. The monoisotopic (exact) mass is 410 g/mol. The summed E-state index contributed by atoms with van der Waals surface area (Å²) < 4.78 is 8.88. The lowest BCUT2D eigenvalue weighted by Gasteiger charge is -1.92. The number of aromatic nitrogens is 3. The number of thiazole rings is 1. The standard InChI is InChI=1S/C13H7IN4S2/c14-8-5-6-11(15-7-8)16-12-18-9-3-1-2-4-10(9)19-13(18)17-20-12/h1-7H. The van der Waals surface area contributed by atoms with Crippen LogP contribution in [0.15, 0.2) is 47.6 Å². The zero-order valence-corrected chi connectivity index (χ0v) is 13.8. The minimum Gasteiger partial charge on any atom is -0.258 e. The maximum Gasteiger partial charge on any atom is 0.216 e. The first-order chi connectivity index (χ1) is 9.81. The van der Waals surface area contributed by atoms with E-state index in [0.717, 1.165) is 18.8 Å². The molecule has 4 aromatic rings. The van der Waals surface area contributed by atoms with Crippen LogP contribution in [0.3, 0.4) is 0 Å². The summed E-state index contributed by atoms with van der Waals surface area (Å²) in [4.78, 5) is 10.7. The number of para-hydroxylation sites is 1. The number of benzene rings is 1. The summed E-state index contributed by atoms with van der Waals surface area (Å²) in [6.45, 7) is 0. The molecular formula is C13H7IN4S2. The Balaban J connectivity index is 2.02. The van der Waals surface area contributed by atoms with Crippen LogP contribution in [0.1, 0.15) is 0 Å². The Labute approximate surface area is 135 Å². The molecule has 0 saturated carbocycles. The fourth-order valence-electron chi connectivity index (χ4n) is 1.94. The van der Waals surface area contributed by atoms with Crippen molar-refractivity contribution in [2.45, 2.75) is 0 Å². The van der Waals surface area contributed by atoms with Crippen molar-refractivity contribution in [1.29, 1.82) is 0 Å². The fraction of sp³-hybridized carbons (Fsp3) is 0. The van der Waals surface area contributed by atoms with Gasteiger partial charge in [-0.15, -0.1) is 0 Å². The molecule has 0 amide bonds. The predicted molar refractivity (Wildman–Crippen MR) is 90.6 cm³/mol. The molecule has 0 fully saturated rings. The molecule has 20 heavy (non-hydrogen) atoms. The molecule has 0 radical (unpaired) electrons. The number of hydrogen-bond donors (Lipinski definition) is 0. The van der Waals surface area contributed by atoms with Gasteiger partial charge in [-0.2, -0.15) is 9.37 Å². The van der Waals surface area contributed by atoms with Gasteiger partial charge >= 0.3 is 0 Å². The zero-order chi connectivity index (χ0) is 13.5. The maximum atomic E-state index is 4.60. The van der Waals surface area contributed by atoms with E-state index in [0.29, 0.717) is 5.82 Å². The smallest absolute Gasteiger partial charge is 0.216 e. The molecule has 0 aliphatic carbocycles. The molecule has 0 bridgehead atoms. The molecule has 0 N–H and O–H groups in total. The number of hydrogen-bond acceptors (Lipinski definition) is 5. The molecule has 1 aromatic carbocycles. The Morgan fingerprint density at radius 1 is 1.15 bits per heavy atom. The molecule has 7 heteroatoms. The molecule has 98 valence electrons.